The second-order valence-electron chi connectivity index (χ2n) is 3.73. The van der Waals surface area contributed by atoms with Crippen molar-refractivity contribution in [3.8, 4) is 5.88 Å². The normalized spacial score (nSPS) is 10.2. The molecule has 5 nitrogen and oxygen atoms in total. The van der Waals surface area contributed by atoms with Gasteiger partial charge in [-0.1, -0.05) is 6.07 Å². The van der Waals surface area contributed by atoms with E-state index in [1.807, 2.05) is 12.1 Å². The summed E-state index contributed by atoms with van der Waals surface area (Å²) in [7, 11) is 0. The summed E-state index contributed by atoms with van der Waals surface area (Å²) < 4.78 is 18.2. The largest absolute Gasteiger partial charge is 0.477 e. The lowest BCUT2D eigenvalue weighted by atomic mass is 10.2. The van der Waals surface area contributed by atoms with Gasteiger partial charge in [-0.25, -0.2) is 14.2 Å². The summed E-state index contributed by atoms with van der Waals surface area (Å²) in [4.78, 5) is 18.6. The fraction of sp³-hybridized carbons (Fsp3) is 0.154. The molecule has 6 heteroatoms. The summed E-state index contributed by atoms with van der Waals surface area (Å²) in [5.74, 6) is -2.08. The summed E-state index contributed by atoms with van der Waals surface area (Å²) in [6.45, 7) is 0.218. The van der Waals surface area contributed by atoms with Crippen molar-refractivity contribution in [2.75, 3.05) is 6.61 Å². The quantitative estimate of drug-likeness (QED) is 0.891. The zero-order chi connectivity index (χ0) is 13.7. The number of ether oxygens (including phenoxy) is 1. The Morgan fingerprint density at radius 3 is 2.89 bits per heavy atom. The van der Waals surface area contributed by atoms with E-state index in [4.69, 9.17) is 9.84 Å². The Labute approximate surface area is 108 Å². The van der Waals surface area contributed by atoms with Crippen LogP contribution in [0.5, 0.6) is 5.88 Å². The molecule has 0 aliphatic heterocycles. The molecule has 0 unspecified atom stereocenters. The highest BCUT2D eigenvalue weighted by Crippen LogP contribution is 2.16. The monoisotopic (exact) mass is 262 g/mol. The lowest BCUT2D eigenvalue weighted by molar-refractivity contribution is 0.0690. The standard InChI is InChI=1S/C13H11FN2O3/c14-9-7-11(13(17)18)12(16-8-9)19-6-4-10-3-1-2-5-15-10/h1-3,5,7-8H,4,6H2,(H,17,18). The van der Waals surface area contributed by atoms with Gasteiger partial charge in [-0.3, -0.25) is 4.98 Å². The maximum absolute atomic E-state index is 12.9. The third-order valence-corrected chi connectivity index (χ3v) is 2.37. The number of aromatic nitrogens is 2. The van der Waals surface area contributed by atoms with E-state index in [2.05, 4.69) is 9.97 Å². The molecule has 0 aliphatic rings. The first-order valence-corrected chi connectivity index (χ1v) is 5.58. The minimum Gasteiger partial charge on any atom is -0.477 e. The van der Waals surface area contributed by atoms with Crippen LogP contribution in [-0.2, 0) is 6.42 Å². The molecular weight excluding hydrogens is 251 g/mol. The van der Waals surface area contributed by atoms with Gasteiger partial charge in [-0.05, 0) is 18.2 Å². The van der Waals surface area contributed by atoms with Crippen LogP contribution in [0.1, 0.15) is 16.1 Å². The summed E-state index contributed by atoms with van der Waals surface area (Å²) in [6, 6.07) is 6.36. The third kappa shape index (κ3) is 3.48. The number of rotatable bonds is 5. The smallest absolute Gasteiger partial charge is 0.341 e. The van der Waals surface area contributed by atoms with Crippen molar-refractivity contribution in [2.24, 2.45) is 0 Å². The molecule has 1 N–H and O–H groups in total. The van der Waals surface area contributed by atoms with Crippen molar-refractivity contribution in [1.29, 1.82) is 0 Å². The highest BCUT2D eigenvalue weighted by molar-refractivity contribution is 5.90. The van der Waals surface area contributed by atoms with Gasteiger partial charge in [0.05, 0.1) is 12.8 Å². The van der Waals surface area contributed by atoms with Crippen molar-refractivity contribution >= 4 is 5.97 Å². The molecule has 2 aromatic heterocycles. The minimum atomic E-state index is -1.28. The van der Waals surface area contributed by atoms with Crippen LogP contribution < -0.4 is 4.74 Å². The third-order valence-electron chi connectivity index (χ3n) is 2.37. The van der Waals surface area contributed by atoms with Crippen molar-refractivity contribution in [2.45, 2.75) is 6.42 Å². The van der Waals surface area contributed by atoms with E-state index in [0.29, 0.717) is 6.42 Å². The highest BCUT2D eigenvalue weighted by atomic mass is 19.1. The molecule has 0 atom stereocenters. The first kappa shape index (κ1) is 12.9. The van der Waals surface area contributed by atoms with Crippen molar-refractivity contribution in [3.63, 3.8) is 0 Å². The van der Waals surface area contributed by atoms with Crippen LogP contribution >= 0.6 is 0 Å². The number of aromatic carboxylic acids is 1. The number of halogens is 1. The van der Waals surface area contributed by atoms with Crippen molar-refractivity contribution in [3.05, 3.63) is 53.7 Å². The lowest BCUT2D eigenvalue weighted by Crippen LogP contribution is -2.09. The SMILES string of the molecule is O=C(O)c1cc(F)cnc1OCCc1ccccn1. The maximum atomic E-state index is 12.9. The van der Waals surface area contributed by atoms with E-state index in [1.54, 1.807) is 12.3 Å². The molecule has 0 aromatic carbocycles. The summed E-state index contributed by atoms with van der Waals surface area (Å²) in [5, 5.41) is 8.91. The van der Waals surface area contributed by atoms with Gasteiger partial charge in [0, 0.05) is 18.3 Å². The van der Waals surface area contributed by atoms with E-state index in [0.717, 1.165) is 18.0 Å². The Kier molecular flexibility index (Phi) is 4.02. The molecule has 0 fully saturated rings. The van der Waals surface area contributed by atoms with Gasteiger partial charge in [-0.2, -0.15) is 0 Å². The van der Waals surface area contributed by atoms with Crippen molar-refractivity contribution in [1.82, 2.24) is 9.97 Å². The highest BCUT2D eigenvalue weighted by Gasteiger charge is 2.14. The number of carbonyl (C=O) groups is 1. The van der Waals surface area contributed by atoms with Gasteiger partial charge in [0.2, 0.25) is 5.88 Å². The summed E-state index contributed by atoms with van der Waals surface area (Å²) >= 11 is 0. The Morgan fingerprint density at radius 1 is 1.37 bits per heavy atom. The second-order valence-corrected chi connectivity index (χ2v) is 3.73. The van der Waals surface area contributed by atoms with E-state index in [9.17, 15) is 9.18 Å². The van der Waals surface area contributed by atoms with Gasteiger partial charge in [0.1, 0.15) is 11.4 Å². The van der Waals surface area contributed by atoms with E-state index in [-0.39, 0.29) is 18.1 Å². The molecule has 0 aliphatic carbocycles. The molecule has 2 heterocycles. The molecule has 0 amide bonds. The molecule has 0 saturated carbocycles. The van der Waals surface area contributed by atoms with Gasteiger partial charge in [0.25, 0.3) is 0 Å². The molecular formula is C13H11FN2O3. The average Bonchev–Trinajstić information content (AvgIpc) is 2.41. The average molecular weight is 262 g/mol. The number of nitrogens with zero attached hydrogens (tertiary/aromatic N) is 2. The number of hydrogen-bond donors (Lipinski definition) is 1. The van der Waals surface area contributed by atoms with Crippen LogP contribution in [0.4, 0.5) is 4.39 Å². The molecule has 2 aromatic rings. The number of hydrogen-bond acceptors (Lipinski definition) is 4. The van der Waals surface area contributed by atoms with Crippen LogP contribution in [0.3, 0.4) is 0 Å². The number of carboxylic acid groups (broad SMARTS) is 1. The fourth-order valence-electron chi connectivity index (χ4n) is 1.49. The van der Waals surface area contributed by atoms with Crippen LogP contribution in [0.25, 0.3) is 0 Å². The zero-order valence-corrected chi connectivity index (χ0v) is 9.91. The molecule has 0 bridgehead atoms. The van der Waals surface area contributed by atoms with E-state index >= 15 is 0 Å². The Balaban J connectivity index is 2.02. The topological polar surface area (TPSA) is 72.3 Å². The Hall–Kier alpha value is -2.50. The fourth-order valence-corrected chi connectivity index (χ4v) is 1.49. The number of pyridine rings is 2. The Morgan fingerprint density at radius 2 is 2.21 bits per heavy atom. The van der Waals surface area contributed by atoms with Gasteiger partial charge in [-0.15, -0.1) is 0 Å². The van der Waals surface area contributed by atoms with Crippen LogP contribution in [0.2, 0.25) is 0 Å². The van der Waals surface area contributed by atoms with Gasteiger partial charge < -0.3 is 9.84 Å². The molecule has 0 spiro atoms. The lowest BCUT2D eigenvalue weighted by Gasteiger charge is -2.07. The minimum absolute atomic E-state index is 0.0927. The van der Waals surface area contributed by atoms with Gasteiger partial charge >= 0.3 is 5.97 Å². The molecule has 19 heavy (non-hydrogen) atoms. The first-order valence-electron chi connectivity index (χ1n) is 5.58. The van der Waals surface area contributed by atoms with Gasteiger partial charge in [0.15, 0.2) is 0 Å². The first-order chi connectivity index (χ1) is 9.16. The predicted octanol–water partition coefficient (Wildman–Crippen LogP) is 1.94. The van der Waals surface area contributed by atoms with Crippen LogP contribution in [0, 0.1) is 5.82 Å². The number of carboxylic acids is 1. The molecule has 0 saturated heterocycles. The molecule has 0 radical (unpaired) electrons. The van der Waals surface area contributed by atoms with Crippen molar-refractivity contribution < 1.29 is 19.0 Å². The summed E-state index contributed by atoms with van der Waals surface area (Å²) in [5.41, 5.74) is 0.530. The van der Waals surface area contributed by atoms with E-state index in [1.165, 1.54) is 0 Å². The van der Waals surface area contributed by atoms with Crippen LogP contribution in [0.15, 0.2) is 36.7 Å². The van der Waals surface area contributed by atoms with E-state index < -0.39 is 11.8 Å². The second kappa shape index (κ2) is 5.90. The van der Waals surface area contributed by atoms with Crippen LogP contribution in [-0.4, -0.2) is 27.7 Å². The Bertz CT molecular complexity index is 575. The maximum Gasteiger partial charge on any atom is 0.341 e. The zero-order valence-electron chi connectivity index (χ0n) is 9.91. The summed E-state index contributed by atoms with van der Waals surface area (Å²) in [6.07, 6.45) is 3.09. The predicted molar refractivity (Wildman–Crippen MR) is 64.6 cm³/mol. The molecule has 98 valence electrons. The molecule has 2 rings (SSSR count).